The highest BCUT2D eigenvalue weighted by Gasteiger charge is 2.38. The number of halogens is 1. The minimum Gasteiger partial charge on any atom is -0.444 e. The Hall–Kier alpha value is -0.730. The summed E-state index contributed by atoms with van der Waals surface area (Å²) < 4.78 is 5.48. The zero-order valence-corrected chi connectivity index (χ0v) is 17.6. The highest BCUT2D eigenvalue weighted by molar-refractivity contribution is 14.0. The minimum atomic E-state index is -0.439. The zero-order chi connectivity index (χ0) is 16.7. The van der Waals surface area contributed by atoms with E-state index in [1.807, 2.05) is 25.7 Å². The van der Waals surface area contributed by atoms with Crippen molar-refractivity contribution in [1.29, 1.82) is 0 Å². The van der Waals surface area contributed by atoms with Crippen LogP contribution in [0.25, 0.3) is 0 Å². The van der Waals surface area contributed by atoms with E-state index in [2.05, 4.69) is 22.1 Å². The number of amides is 1. The minimum absolute atomic E-state index is 0. The Morgan fingerprint density at radius 3 is 2.67 bits per heavy atom. The lowest BCUT2D eigenvalue weighted by Crippen LogP contribution is -2.58. The van der Waals surface area contributed by atoms with Gasteiger partial charge in [-0.15, -0.1) is 24.0 Å². The molecule has 7 heteroatoms. The van der Waals surface area contributed by atoms with Gasteiger partial charge in [0.2, 0.25) is 0 Å². The van der Waals surface area contributed by atoms with Gasteiger partial charge in [0, 0.05) is 26.2 Å². The molecule has 1 unspecified atom stereocenters. The maximum Gasteiger partial charge on any atom is 0.410 e. The molecule has 1 aliphatic carbocycles. The summed E-state index contributed by atoms with van der Waals surface area (Å²) in [6, 6.07) is 0.285. The average molecular weight is 450 g/mol. The standard InChI is InChI=1S/C17H30N4O2.HI/c1-16(2,3)23-15(22)20-8-9-21-13(11-20)10-18-14(21)19-12-17(4)6-5-7-17;/h13H,5-12H2,1-4H3,(H,18,19);1H. The molecule has 0 radical (unpaired) electrons. The Labute approximate surface area is 162 Å². The molecule has 3 rings (SSSR count). The van der Waals surface area contributed by atoms with E-state index in [0.29, 0.717) is 18.5 Å². The molecular formula is C17H31IN4O2. The molecule has 1 atom stereocenters. The van der Waals surface area contributed by atoms with Gasteiger partial charge in [0.15, 0.2) is 5.96 Å². The fourth-order valence-corrected chi connectivity index (χ4v) is 3.47. The average Bonchev–Trinajstić information content (AvgIpc) is 2.83. The number of hydrogen-bond donors (Lipinski definition) is 1. The topological polar surface area (TPSA) is 57.2 Å². The van der Waals surface area contributed by atoms with Crippen LogP contribution in [0.4, 0.5) is 4.79 Å². The van der Waals surface area contributed by atoms with E-state index in [0.717, 1.165) is 25.6 Å². The van der Waals surface area contributed by atoms with E-state index in [1.54, 1.807) is 0 Å². The second-order valence-corrected chi connectivity index (χ2v) is 8.46. The van der Waals surface area contributed by atoms with Crippen molar-refractivity contribution in [2.24, 2.45) is 10.4 Å². The summed E-state index contributed by atoms with van der Waals surface area (Å²) in [4.78, 5) is 21.0. The molecule has 1 amide bonds. The molecule has 2 aliphatic heterocycles. The third-order valence-corrected chi connectivity index (χ3v) is 5.09. The first-order valence-electron chi connectivity index (χ1n) is 8.79. The Morgan fingerprint density at radius 1 is 1.38 bits per heavy atom. The van der Waals surface area contributed by atoms with Crippen LogP contribution in [0.15, 0.2) is 4.99 Å². The molecule has 1 N–H and O–H groups in total. The lowest BCUT2D eigenvalue weighted by Gasteiger charge is -2.41. The molecule has 0 aromatic carbocycles. The predicted molar refractivity (Wildman–Crippen MR) is 106 cm³/mol. The molecule has 0 aromatic rings. The molecule has 0 spiro atoms. The van der Waals surface area contributed by atoms with Crippen LogP contribution >= 0.6 is 24.0 Å². The third-order valence-electron chi connectivity index (χ3n) is 5.09. The highest BCUT2D eigenvalue weighted by atomic mass is 127. The highest BCUT2D eigenvalue weighted by Crippen LogP contribution is 2.39. The fraction of sp³-hybridized carbons (Fsp3) is 0.882. The van der Waals surface area contributed by atoms with Crippen molar-refractivity contribution in [1.82, 2.24) is 15.1 Å². The molecule has 24 heavy (non-hydrogen) atoms. The number of carbonyl (C=O) groups is 1. The lowest BCUT2D eigenvalue weighted by molar-refractivity contribution is 0.0137. The first-order valence-corrected chi connectivity index (χ1v) is 8.79. The van der Waals surface area contributed by atoms with E-state index in [9.17, 15) is 4.79 Å². The van der Waals surface area contributed by atoms with Crippen molar-refractivity contribution < 1.29 is 9.53 Å². The summed E-state index contributed by atoms with van der Waals surface area (Å²) >= 11 is 0. The molecule has 6 nitrogen and oxygen atoms in total. The molecule has 138 valence electrons. The molecule has 3 aliphatic rings. The SMILES string of the molecule is CC1(CNC2=NCC3CN(C(=O)OC(C)(C)C)CCN23)CCC1.I. The number of carbonyl (C=O) groups excluding carboxylic acids is 1. The van der Waals surface area contributed by atoms with Crippen molar-refractivity contribution in [3.05, 3.63) is 0 Å². The molecular weight excluding hydrogens is 419 g/mol. The van der Waals surface area contributed by atoms with Crippen molar-refractivity contribution in [3.63, 3.8) is 0 Å². The van der Waals surface area contributed by atoms with Crippen LogP contribution in [-0.2, 0) is 4.74 Å². The third kappa shape index (κ3) is 4.46. The largest absolute Gasteiger partial charge is 0.444 e. The maximum absolute atomic E-state index is 12.2. The number of aliphatic imine (C=N–C) groups is 1. The van der Waals surface area contributed by atoms with Gasteiger partial charge in [0.1, 0.15) is 5.60 Å². The lowest BCUT2D eigenvalue weighted by atomic mass is 9.70. The second-order valence-electron chi connectivity index (χ2n) is 8.46. The van der Waals surface area contributed by atoms with Gasteiger partial charge in [-0.3, -0.25) is 4.99 Å². The van der Waals surface area contributed by atoms with Gasteiger partial charge in [-0.2, -0.15) is 0 Å². The fourth-order valence-electron chi connectivity index (χ4n) is 3.47. The van der Waals surface area contributed by atoms with Gasteiger partial charge in [-0.05, 0) is 39.0 Å². The number of fused-ring (bicyclic) bond motifs is 1. The molecule has 1 saturated carbocycles. The number of rotatable bonds is 2. The van der Waals surface area contributed by atoms with Gasteiger partial charge in [0.25, 0.3) is 0 Å². The molecule has 0 bridgehead atoms. The van der Waals surface area contributed by atoms with Crippen LogP contribution in [0.5, 0.6) is 0 Å². The Morgan fingerprint density at radius 2 is 2.08 bits per heavy atom. The van der Waals surface area contributed by atoms with Crippen LogP contribution in [0.2, 0.25) is 0 Å². The van der Waals surface area contributed by atoms with Crippen molar-refractivity contribution in [2.45, 2.75) is 58.6 Å². The van der Waals surface area contributed by atoms with Crippen molar-refractivity contribution >= 4 is 36.0 Å². The Kier molecular flexibility index (Phi) is 5.92. The maximum atomic E-state index is 12.2. The molecule has 1 saturated heterocycles. The molecule has 0 aromatic heterocycles. The number of nitrogens with one attached hydrogen (secondary N) is 1. The van der Waals surface area contributed by atoms with E-state index in [1.165, 1.54) is 19.3 Å². The summed E-state index contributed by atoms with van der Waals surface area (Å²) in [6.45, 7) is 12.0. The molecule has 2 fully saturated rings. The van der Waals surface area contributed by atoms with Crippen LogP contribution in [0.1, 0.15) is 47.0 Å². The van der Waals surface area contributed by atoms with Crippen LogP contribution in [-0.4, -0.2) is 66.2 Å². The summed E-state index contributed by atoms with van der Waals surface area (Å²) in [5, 5.41) is 3.55. The monoisotopic (exact) mass is 450 g/mol. The summed E-state index contributed by atoms with van der Waals surface area (Å²) in [5.41, 5.74) is 0.00424. The zero-order valence-electron chi connectivity index (χ0n) is 15.3. The second kappa shape index (κ2) is 7.25. The number of ether oxygens (including phenoxy) is 1. The Bertz CT molecular complexity index is 499. The van der Waals surface area contributed by atoms with Crippen LogP contribution in [0, 0.1) is 5.41 Å². The normalized spacial score (nSPS) is 25.2. The van der Waals surface area contributed by atoms with Gasteiger partial charge < -0.3 is 19.9 Å². The smallest absolute Gasteiger partial charge is 0.410 e. The van der Waals surface area contributed by atoms with Gasteiger partial charge in [0.05, 0.1) is 12.6 Å². The van der Waals surface area contributed by atoms with Gasteiger partial charge in [-0.25, -0.2) is 4.79 Å². The van der Waals surface area contributed by atoms with Gasteiger partial charge in [-0.1, -0.05) is 13.3 Å². The summed E-state index contributed by atoms with van der Waals surface area (Å²) in [5.74, 6) is 1.02. The van der Waals surface area contributed by atoms with Crippen molar-refractivity contribution in [2.75, 3.05) is 32.7 Å². The first-order chi connectivity index (χ1) is 10.8. The van der Waals surface area contributed by atoms with E-state index in [4.69, 9.17) is 4.74 Å². The number of piperazine rings is 1. The van der Waals surface area contributed by atoms with Gasteiger partial charge >= 0.3 is 6.09 Å². The predicted octanol–water partition coefficient (Wildman–Crippen LogP) is 2.68. The van der Waals surface area contributed by atoms with Crippen LogP contribution < -0.4 is 5.32 Å². The number of guanidine groups is 1. The summed E-state index contributed by atoms with van der Waals surface area (Å²) in [7, 11) is 0. The Balaban J connectivity index is 0.00000208. The van der Waals surface area contributed by atoms with E-state index >= 15 is 0 Å². The first kappa shape index (κ1) is 19.6. The van der Waals surface area contributed by atoms with Crippen LogP contribution in [0.3, 0.4) is 0 Å². The molecule has 2 heterocycles. The van der Waals surface area contributed by atoms with E-state index < -0.39 is 5.60 Å². The van der Waals surface area contributed by atoms with Crippen molar-refractivity contribution in [3.8, 4) is 0 Å². The number of nitrogens with zero attached hydrogens (tertiary/aromatic N) is 3. The summed E-state index contributed by atoms with van der Waals surface area (Å²) in [6.07, 6.45) is 3.76. The quantitative estimate of drug-likeness (QED) is 0.658. The number of hydrogen-bond acceptors (Lipinski definition) is 5. The van der Waals surface area contributed by atoms with E-state index in [-0.39, 0.29) is 36.1 Å².